The number of fused-ring (bicyclic) bond motifs is 1. The van der Waals surface area contributed by atoms with Crippen LogP contribution in [0.5, 0.6) is 0 Å². The number of rotatable bonds is 4. The van der Waals surface area contributed by atoms with E-state index in [0.29, 0.717) is 38.2 Å². The summed E-state index contributed by atoms with van der Waals surface area (Å²) in [6, 6.07) is 7.31. The predicted molar refractivity (Wildman–Crippen MR) is 143 cm³/mol. The molecule has 5 rings (SSSR count). The third-order valence-corrected chi connectivity index (χ3v) is 7.82. The van der Waals surface area contributed by atoms with E-state index in [9.17, 15) is 14.4 Å². The lowest BCUT2D eigenvalue weighted by molar-refractivity contribution is -0.139. The van der Waals surface area contributed by atoms with Gasteiger partial charge >= 0.3 is 0 Å². The summed E-state index contributed by atoms with van der Waals surface area (Å²) in [5.74, 6) is 0.367. The summed E-state index contributed by atoms with van der Waals surface area (Å²) in [5, 5.41) is 17.3. The number of nitriles is 1. The van der Waals surface area contributed by atoms with Crippen LogP contribution in [0.15, 0.2) is 34.6 Å². The zero-order valence-corrected chi connectivity index (χ0v) is 22.0. The zero-order valence-electron chi connectivity index (χ0n) is 22.0. The van der Waals surface area contributed by atoms with Crippen molar-refractivity contribution in [2.24, 2.45) is 10.2 Å². The number of aromatic nitrogens is 1. The highest BCUT2D eigenvalue weighted by molar-refractivity contribution is 5.82. The molecular formula is C28H32FN7O2. The van der Waals surface area contributed by atoms with Crippen LogP contribution in [0.4, 0.5) is 10.2 Å². The molecule has 0 N–H and O–H groups in total. The lowest BCUT2D eigenvalue weighted by atomic mass is 9.96. The van der Waals surface area contributed by atoms with E-state index in [1.165, 1.54) is 6.07 Å². The Morgan fingerprint density at radius 3 is 2.87 bits per heavy atom. The van der Waals surface area contributed by atoms with Crippen LogP contribution in [-0.4, -0.2) is 78.1 Å². The Morgan fingerprint density at radius 2 is 2.08 bits per heavy atom. The molecule has 2 fully saturated rings. The number of ether oxygens (including phenoxy) is 1. The average molecular weight is 518 g/mol. The van der Waals surface area contributed by atoms with E-state index in [-0.39, 0.29) is 29.7 Å². The van der Waals surface area contributed by atoms with E-state index in [1.54, 1.807) is 31.7 Å². The zero-order chi connectivity index (χ0) is 26.8. The lowest BCUT2D eigenvalue weighted by Gasteiger charge is -2.46. The van der Waals surface area contributed by atoms with Gasteiger partial charge in [0.15, 0.2) is 0 Å². The van der Waals surface area contributed by atoms with Crippen LogP contribution in [0.2, 0.25) is 0 Å². The molecule has 0 radical (unpaired) electrons. The lowest BCUT2D eigenvalue weighted by Crippen LogP contribution is -2.59. The highest BCUT2D eigenvalue weighted by Crippen LogP contribution is 2.31. The molecule has 3 aliphatic rings. The van der Waals surface area contributed by atoms with Gasteiger partial charge in [-0.15, -0.1) is 5.10 Å². The predicted octanol–water partition coefficient (Wildman–Crippen LogP) is 3.15. The summed E-state index contributed by atoms with van der Waals surface area (Å²) in [4.78, 5) is 24.1. The van der Waals surface area contributed by atoms with Crippen LogP contribution in [-0.2, 0) is 16.0 Å². The molecule has 4 heterocycles. The van der Waals surface area contributed by atoms with E-state index in [1.807, 2.05) is 28.9 Å². The fourth-order valence-corrected chi connectivity index (χ4v) is 5.39. The van der Waals surface area contributed by atoms with Crippen LogP contribution in [0.1, 0.15) is 47.3 Å². The maximum absolute atomic E-state index is 14.0. The number of piperazine rings is 1. The Morgan fingerprint density at radius 1 is 1.24 bits per heavy atom. The first-order valence-corrected chi connectivity index (χ1v) is 13.0. The molecule has 1 aromatic heterocycles. The van der Waals surface area contributed by atoms with Gasteiger partial charge in [0, 0.05) is 51.1 Å². The summed E-state index contributed by atoms with van der Waals surface area (Å²) in [5.41, 5.74) is 3.48. The van der Waals surface area contributed by atoms with E-state index in [2.05, 4.69) is 27.0 Å². The number of carbonyl (C=O) groups excluding carboxylic acids is 1. The Hall–Kier alpha value is -3.68. The molecule has 0 aliphatic carbocycles. The van der Waals surface area contributed by atoms with Crippen molar-refractivity contribution >= 4 is 24.3 Å². The quantitative estimate of drug-likeness (QED) is 0.618. The van der Waals surface area contributed by atoms with Gasteiger partial charge in [-0.3, -0.25) is 9.69 Å². The first-order valence-electron chi connectivity index (χ1n) is 13.0. The number of aryl methyl sites for hydroxylation is 1. The molecule has 10 heteroatoms. The first-order chi connectivity index (χ1) is 18.4. The van der Waals surface area contributed by atoms with Gasteiger partial charge in [0.25, 0.3) is 0 Å². The van der Waals surface area contributed by atoms with Crippen LogP contribution in [0.3, 0.4) is 0 Å². The van der Waals surface area contributed by atoms with Crippen LogP contribution >= 0.6 is 0 Å². The Bertz CT molecular complexity index is 1320. The summed E-state index contributed by atoms with van der Waals surface area (Å²) >= 11 is 0. The number of nitrogens with zero attached hydrogens (tertiary/aromatic N) is 7. The maximum Gasteiger partial charge on any atom is 0.227 e. The molecule has 38 heavy (non-hydrogen) atoms. The average Bonchev–Trinajstić information content (AvgIpc) is 3.13. The Labute approximate surface area is 222 Å². The summed E-state index contributed by atoms with van der Waals surface area (Å²) in [6.07, 6.45) is 6.14. The minimum Gasteiger partial charge on any atom is -0.370 e. The van der Waals surface area contributed by atoms with E-state index in [4.69, 9.17) is 4.74 Å². The van der Waals surface area contributed by atoms with Crippen LogP contribution in [0.25, 0.3) is 0 Å². The molecule has 1 aromatic carbocycles. The minimum atomic E-state index is -0.505. The number of anilines is 1. The summed E-state index contributed by atoms with van der Waals surface area (Å²) in [7, 11) is 0. The van der Waals surface area contributed by atoms with Crippen molar-refractivity contribution in [3.8, 4) is 6.07 Å². The number of benzene rings is 1. The SMILES string of the molecule is Cc1cc(N2C=NN=CCC2C)ncc1CC(=O)N1CCN2CC(c3ccc(F)c(C#N)c3C)OCC2C1. The van der Waals surface area contributed by atoms with Crippen molar-refractivity contribution in [2.45, 2.75) is 51.8 Å². The number of amides is 1. The second kappa shape index (κ2) is 11.0. The topological polar surface area (TPSA) is 97.4 Å². The molecule has 9 nitrogen and oxygen atoms in total. The van der Waals surface area contributed by atoms with E-state index >= 15 is 0 Å². The molecule has 3 atom stereocenters. The third-order valence-electron chi connectivity index (χ3n) is 7.82. The minimum absolute atomic E-state index is 0.0737. The van der Waals surface area contributed by atoms with Gasteiger partial charge < -0.3 is 14.5 Å². The number of pyridine rings is 1. The van der Waals surface area contributed by atoms with Gasteiger partial charge in [-0.05, 0) is 55.2 Å². The molecule has 198 valence electrons. The number of morpholine rings is 1. The molecule has 3 aliphatic heterocycles. The van der Waals surface area contributed by atoms with Crippen molar-refractivity contribution in [3.05, 3.63) is 58.0 Å². The number of halogens is 1. The van der Waals surface area contributed by atoms with Gasteiger partial charge in [-0.2, -0.15) is 10.4 Å². The molecule has 1 amide bonds. The Kier molecular flexibility index (Phi) is 7.49. The Balaban J connectivity index is 1.20. The number of hydrogen-bond acceptors (Lipinski definition) is 8. The van der Waals surface area contributed by atoms with Gasteiger partial charge in [-0.1, -0.05) is 6.07 Å². The molecule has 3 unspecified atom stereocenters. The third kappa shape index (κ3) is 5.17. The molecule has 0 saturated carbocycles. The monoisotopic (exact) mass is 517 g/mol. The molecule has 2 aromatic rings. The van der Waals surface area contributed by atoms with Crippen molar-refractivity contribution in [1.29, 1.82) is 5.26 Å². The van der Waals surface area contributed by atoms with Crippen molar-refractivity contribution < 1.29 is 13.9 Å². The first kappa shape index (κ1) is 25.9. The molecule has 0 spiro atoms. The van der Waals surface area contributed by atoms with Gasteiger partial charge in [0.05, 0.1) is 30.7 Å². The highest BCUT2D eigenvalue weighted by atomic mass is 19.1. The van der Waals surface area contributed by atoms with Crippen molar-refractivity contribution in [1.82, 2.24) is 14.8 Å². The van der Waals surface area contributed by atoms with Gasteiger partial charge in [0.2, 0.25) is 5.91 Å². The second-order valence-corrected chi connectivity index (χ2v) is 10.2. The van der Waals surface area contributed by atoms with Crippen LogP contribution in [0, 0.1) is 31.0 Å². The molecular weight excluding hydrogens is 485 g/mol. The fourth-order valence-electron chi connectivity index (χ4n) is 5.39. The highest BCUT2D eigenvalue weighted by Gasteiger charge is 2.36. The number of carbonyl (C=O) groups is 1. The van der Waals surface area contributed by atoms with Crippen molar-refractivity contribution in [3.63, 3.8) is 0 Å². The fraction of sp³-hybridized carbons (Fsp3) is 0.464. The largest absolute Gasteiger partial charge is 0.370 e. The smallest absolute Gasteiger partial charge is 0.227 e. The normalized spacial score (nSPS) is 23.6. The van der Waals surface area contributed by atoms with E-state index < -0.39 is 5.82 Å². The van der Waals surface area contributed by atoms with E-state index in [0.717, 1.165) is 35.5 Å². The summed E-state index contributed by atoms with van der Waals surface area (Å²) < 4.78 is 20.1. The summed E-state index contributed by atoms with van der Waals surface area (Å²) in [6.45, 7) is 8.98. The standard InChI is InChI=1S/C28H32FN7O2/c1-18-10-27(36-17-33-32-7-6-19(36)2)31-13-21(18)11-28(37)35-9-8-34-15-26(38-16-22(34)14-35)23-4-5-25(29)24(12-30)20(23)3/h4-5,7,10,13,17,19,22,26H,6,8-9,11,14-16H2,1-3H3. The molecule has 0 bridgehead atoms. The van der Waals surface area contributed by atoms with Gasteiger partial charge in [0.1, 0.15) is 24.0 Å². The van der Waals surface area contributed by atoms with Gasteiger partial charge in [-0.25, -0.2) is 9.37 Å². The second-order valence-electron chi connectivity index (χ2n) is 10.2. The van der Waals surface area contributed by atoms with Crippen LogP contribution < -0.4 is 4.90 Å². The van der Waals surface area contributed by atoms with Crippen molar-refractivity contribution in [2.75, 3.05) is 37.7 Å². The maximum atomic E-state index is 14.0. The molecule has 2 saturated heterocycles. The number of hydrogen-bond donors (Lipinski definition) is 0.